The monoisotopic (exact) mass is 247 g/mol. The molecule has 16 heavy (non-hydrogen) atoms. The van der Waals surface area contributed by atoms with Crippen molar-refractivity contribution in [2.24, 2.45) is 5.92 Å². The minimum atomic E-state index is -0.658. The van der Waals surface area contributed by atoms with Gasteiger partial charge in [0.1, 0.15) is 11.6 Å². The summed E-state index contributed by atoms with van der Waals surface area (Å²) >= 11 is 5.48. The van der Waals surface area contributed by atoms with E-state index in [1.165, 1.54) is 6.92 Å². The molecule has 0 saturated carbocycles. The summed E-state index contributed by atoms with van der Waals surface area (Å²) in [6, 6.07) is 2.00. The number of hydrogen-bond acceptors (Lipinski definition) is 1. The number of benzene rings is 1. The van der Waals surface area contributed by atoms with Crippen LogP contribution in [0, 0.1) is 24.5 Å². The Morgan fingerprint density at radius 1 is 1.44 bits per heavy atom. The highest BCUT2D eigenvalue weighted by atomic mass is 35.5. The molecular weight excluding hydrogens is 236 g/mol. The predicted octanol–water partition coefficient (Wildman–Crippen LogP) is 3.09. The Labute approximate surface area is 97.6 Å². The molecule has 2 nitrogen and oxygen atoms in total. The molecule has 0 aliphatic rings. The number of carbonyl (C=O) groups is 1. The van der Waals surface area contributed by atoms with Crippen molar-refractivity contribution in [3.8, 4) is 0 Å². The van der Waals surface area contributed by atoms with Crippen LogP contribution < -0.4 is 5.32 Å². The summed E-state index contributed by atoms with van der Waals surface area (Å²) in [4.78, 5) is 11.4. The molecule has 1 N–H and O–H groups in total. The predicted molar refractivity (Wildman–Crippen MR) is 59.6 cm³/mol. The van der Waals surface area contributed by atoms with E-state index in [2.05, 4.69) is 5.32 Å². The summed E-state index contributed by atoms with van der Waals surface area (Å²) < 4.78 is 26.5. The highest BCUT2D eigenvalue weighted by molar-refractivity contribution is 6.19. The Hall–Kier alpha value is -1.16. The van der Waals surface area contributed by atoms with Crippen LogP contribution in [-0.4, -0.2) is 11.8 Å². The van der Waals surface area contributed by atoms with E-state index in [0.29, 0.717) is 0 Å². The summed E-state index contributed by atoms with van der Waals surface area (Å²) in [6.07, 6.45) is 0. The summed E-state index contributed by atoms with van der Waals surface area (Å²) in [7, 11) is 0. The molecule has 1 atom stereocenters. The second kappa shape index (κ2) is 5.25. The van der Waals surface area contributed by atoms with E-state index in [0.717, 1.165) is 12.1 Å². The molecule has 0 spiro atoms. The fourth-order valence-corrected chi connectivity index (χ4v) is 1.21. The molecule has 1 unspecified atom stereocenters. The Balaban J connectivity index is 2.90. The van der Waals surface area contributed by atoms with Crippen molar-refractivity contribution in [3.05, 3.63) is 29.3 Å². The fraction of sp³-hybridized carbons (Fsp3) is 0.364. The van der Waals surface area contributed by atoms with Crippen LogP contribution in [0.3, 0.4) is 0 Å². The molecule has 5 heteroatoms. The minimum Gasteiger partial charge on any atom is -0.323 e. The third-order valence-electron chi connectivity index (χ3n) is 2.19. The van der Waals surface area contributed by atoms with Crippen LogP contribution in [0.4, 0.5) is 14.5 Å². The first-order chi connectivity index (χ1) is 7.45. The number of halogens is 3. The third-order valence-corrected chi connectivity index (χ3v) is 2.65. The van der Waals surface area contributed by atoms with E-state index in [1.807, 2.05) is 0 Å². The number of amides is 1. The number of nitrogens with one attached hydrogen (secondary N) is 1. The van der Waals surface area contributed by atoms with Gasteiger partial charge in [0.2, 0.25) is 5.91 Å². The van der Waals surface area contributed by atoms with Gasteiger partial charge in [0.15, 0.2) is 0 Å². The Morgan fingerprint density at radius 2 is 2.06 bits per heavy atom. The van der Waals surface area contributed by atoms with E-state index in [-0.39, 0.29) is 17.1 Å². The lowest BCUT2D eigenvalue weighted by molar-refractivity contribution is -0.118. The first-order valence-electron chi connectivity index (χ1n) is 4.78. The van der Waals surface area contributed by atoms with E-state index >= 15 is 0 Å². The first-order valence-corrected chi connectivity index (χ1v) is 5.31. The van der Waals surface area contributed by atoms with Gasteiger partial charge in [-0.25, -0.2) is 8.78 Å². The molecule has 88 valence electrons. The maximum Gasteiger partial charge on any atom is 0.228 e. The lowest BCUT2D eigenvalue weighted by Crippen LogP contribution is -2.22. The molecule has 0 bridgehead atoms. The maximum atomic E-state index is 13.3. The number of carbonyl (C=O) groups excluding carboxylic acids is 1. The van der Waals surface area contributed by atoms with E-state index in [1.54, 1.807) is 6.92 Å². The number of anilines is 1. The van der Waals surface area contributed by atoms with Crippen LogP contribution >= 0.6 is 11.6 Å². The molecule has 1 rings (SSSR count). The Kier molecular flexibility index (Phi) is 4.24. The molecule has 0 radical (unpaired) electrons. The summed E-state index contributed by atoms with van der Waals surface area (Å²) in [6.45, 7) is 3.05. The molecule has 0 heterocycles. The molecule has 0 saturated heterocycles. The zero-order valence-electron chi connectivity index (χ0n) is 8.98. The summed E-state index contributed by atoms with van der Waals surface area (Å²) in [5, 5.41) is 2.29. The first kappa shape index (κ1) is 12.9. The molecule has 0 aromatic heterocycles. The van der Waals surface area contributed by atoms with Crippen molar-refractivity contribution in [1.82, 2.24) is 0 Å². The van der Waals surface area contributed by atoms with Gasteiger partial charge in [-0.2, -0.15) is 0 Å². The van der Waals surface area contributed by atoms with Gasteiger partial charge in [-0.1, -0.05) is 6.92 Å². The quantitative estimate of drug-likeness (QED) is 0.817. The van der Waals surface area contributed by atoms with Crippen LogP contribution in [0.2, 0.25) is 0 Å². The molecule has 1 amide bonds. The van der Waals surface area contributed by atoms with Crippen molar-refractivity contribution < 1.29 is 13.6 Å². The smallest absolute Gasteiger partial charge is 0.228 e. The molecule has 1 aromatic rings. The number of hydrogen-bond donors (Lipinski definition) is 1. The number of alkyl halides is 1. The average Bonchev–Trinajstić information content (AvgIpc) is 2.24. The van der Waals surface area contributed by atoms with Gasteiger partial charge in [0.05, 0.1) is 5.69 Å². The van der Waals surface area contributed by atoms with E-state index in [4.69, 9.17) is 11.6 Å². The van der Waals surface area contributed by atoms with Gasteiger partial charge in [-0.15, -0.1) is 11.6 Å². The van der Waals surface area contributed by atoms with Gasteiger partial charge >= 0.3 is 0 Å². The van der Waals surface area contributed by atoms with Gasteiger partial charge in [0, 0.05) is 17.9 Å². The van der Waals surface area contributed by atoms with Gasteiger partial charge < -0.3 is 5.32 Å². The topological polar surface area (TPSA) is 29.1 Å². The minimum absolute atomic E-state index is 0.127. The standard InChI is InChI=1S/C11H12ClF2NO/c1-6-3-9(14)10(4-8(6)13)15-11(16)7(2)5-12/h3-4,7H,5H2,1-2H3,(H,15,16). The largest absolute Gasteiger partial charge is 0.323 e. The summed E-state index contributed by atoms with van der Waals surface area (Å²) in [5.41, 5.74) is 0.0333. The molecule has 0 fully saturated rings. The average molecular weight is 248 g/mol. The normalized spacial score (nSPS) is 12.3. The number of rotatable bonds is 3. The lowest BCUT2D eigenvalue weighted by atomic mass is 10.1. The zero-order valence-corrected chi connectivity index (χ0v) is 9.74. The van der Waals surface area contributed by atoms with E-state index in [9.17, 15) is 13.6 Å². The highest BCUT2D eigenvalue weighted by Crippen LogP contribution is 2.19. The SMILES string of the molecule is Cc1cc(F)c(NC(=O)C(C)CCl)cc1F. The molecule has 0 aliphatic heterocycles. The van der Waals surface area contributed by atoms with Crippen molar-refractivity contribution >= 4 is 23.2 Å². The zero-order chi connectivity index (χ0) is 12.3. The maximum absolute atomic E-state index is 13.3. The van der Waals surface area contributed by atoms with Crippen molar-refractivity contribution in [2.75, 3.05) is 11.2 Å². The molecular formula is C11H12ClF2NO. The second-order valence-electron chi connectivity index (χ2n) is 3.63. The highest BCUT2D eigenvalue weighted by Gasteiger charge is 2.15. The van der Waals surface area contributed by atoms with Crippen LogP contribution in [0.5, 0.6) is 0 Å². The van der Waals surface area contributed by atoms with Crippen molar-refractivity contribution in [1.29, 1.82) is 0 Å². The van der Waals surface area contributed by atoms with Gasteiger partial charge in [-0.3, -0.25) is 4.79 Å². The van der Waals surface area contributed by atoms with Crippen molar-refractivity contribution in [2.45, 2.75) is 13.8 Å². The molecule has 0 aliphatic carbocycles. The number of aryl methyl sites for hydroxylation is 1. The Morgan fingerprint density at radius 3 is 2.62 bits per heavy atom. The van der Waals surface area contributed by atoms with Crippen LogP contribution in [0.15, 0.2) is 12.1 Å². The van der Waals surface area contributed by atoms with Crippen LogP contribution in [-0.2, 0) is 4.79 Å². The van der Waals surface area contributed by atoms with E-state index < -0.39 is 23.5 Å². The van der Waals surface area contributed by atoms with Gasteiger partial charge in [-0.05, 0) is 18.6 Å². The third kappa shape index (κ3) is 2.92. The fourth-order valence-electron chi connectivity index (χ4n) is 1.07. The van der Waals surface area contributed by atoms with Crippen molar-refractivity contribution in [3.63, 3.8) is 0 Å². The molecule has 1 aromatic carbocycles. The summed E-state index contributed by atoms with van der Waals surface area (Å²) in [5.74, 6) is -1.98. The lowest BCUT2D eigenvalue weighted by Gasteiger charge is -2.10. The van der Waals surface area contributed by atoms with Crippen LogP contribution in [0.25, 0.3) is 0 Å². The Bertz CT molecular complexity index is 409. The van der Waals surface area contributed by atoms with Crippen LogP contribution in [0.1, 0.15) is 12.5 Å². The van der Waals surface area contributed by atoms with Gasteiger partial charge in [0.25, 0.3) is 0 Å². The second-order valence-corrected chi connectivity index (χ2v) is 3.93.